The van der Waals surface area contributed by atoms with Crippen LogP contribution in [-0.4, -0.2) is 18.7 Å². The molecule has 0 aliphatic rings. The van der Waals surface area contributed by atoms with Crippen molar-refractivity contribution in [3.05, 3.63) is 33.6 Å². The van der Waals surface area contributed by atoms with Crippen molar-refractivity contribution >= 4 is 23.2 Å². The second-order valence-corrected chi connectivity index (χ2v) is 3.68. The average molecular weight is 238 g/mol. The van der Waals surface area contributed by atoms with Crippen molar-refractivity contribution in [3.8, 4) is 0 Å². The molecule has 0 amide bonds. The standard InChI is InChI=1S/C9H10Cl2FNO/c1-13-4-9(14)5-2-8(12)7(11)3-6(5)10/h2-3,9,13-14H,4H2,1H3. The van der Waals surface area contributed by atoms with Crippen molar-refractivity contribution in [2.24, 2.45) is 0 Å². The minimum absolute atomic E-state index is 0.0459. The summed E-state index contributed by atoms with van der Waals surface area (Å²) < 4.78 is 13.0. The van der Waals surface area contributed by atoms with Crippen LogP contribution in [0.5, 0.6) is 0 Å². The van der Waals surface area contributed by atoms with Gasteiger partial charge in [-0.05, 0) is 19.2 Å². The minimum atomic E-state index is -0.834. The third kappa shape index (κ3) is 2.58. The van der Waals surface area contributed by atoms with E-state index in [0.717, 1.165) is 6.07 Å². The Morgan fingerprint density at radius 1 is 1.43 bits per heavy atom. The molecule has 1 aromatic rings. The van der Waals surface area contributed by atoms with E-state index in [4.69, 9.17) is 23.2 Å². The molecule has 5 heteroatoms. The number of halogens is 3. The maximum atomic E-state index is 13.0. The molecule has 0 saturated heterocycles. The fourth-order valence-corrected chi connectivity index (χ4v) is 1.61. The van der Waals surface area contributed by atoms with E-state index >= 15 is 0 Å². The Kier molecular flexibility index (Phi) is 4.13. The summed E-state index contributed by atoms with van der Waals surface area (Å²) in [5.41, 5.74) is 0.336. The number of aliphatic hydroxyl groups is 1. The van der Waals surface area contributed by atoms with Gasteiger partial charge in [0.1, 0.15) is 5.82 Å². The Bertz CT molecular complexity index is 333. The highest BCUT2D eigenvalue weighted by molar-refractivity contribution is 6.35. The number of aliphatic hydroxyl groups excluding tert-OH is 1. The van der Waals surface area contributed by atoms with Gasteiger partial charge >= 0.3 is 0 Å². The normalized spacial score (nSPS) is 12.9. The number of rotatable bonds is 3. The summed E-state index contributed by atoms with van der Waals surface area (Å²) in [6, 6.07) is 2.43. The molecule has 0 saturated carbocycles. The van der Waals surface area contributed by atoms with Crippen molar-refractivity contribution < 1.29 is 9.50 Å². The summed E-state index contributed by atoms with van der Waals surface area (Å²) in [4.78, 5) is 0. The van der Waals surface area contributed by atoms with Crippen LogP contribution in [0.3, 0.4) is 0 Å². The smallest absolute Gasteiger partial charge is 0.142 e. The Morgan fingerprint density at radius 2 is 2.07 bits per heavy atom. The van der Waals surface area contributed by atoms with E-state index in [1.165, 1.54) is 6.07 Å². The van der Waals surface area contributed by atoms with Gasteiger partial charge in [-0.3, -0.25) is 0 Å². The van der Waals surface area contributed by atoms with Crippen LogP contribution in [0.4, 0.5) is 4.39 Å². The van der Waals surface area contributed by atoms with Gasteiger partial charge < -0.3 is 10.4 Å². The Hall–Kier alpha value is -0.350. The van der Waals surface area contributed by atoms with Crippen molar-refractivity contribution in [1.82, 2.24) is 5.32 Å². The highest BCUT2D eigenvalue weighted by Crippen LogP contribution is 2.28. The molecule has 0 radical (unpaired) electrons. The first-order valence-corrected chi connectivity index (χ1v) is 4.79. The second-order valence-electron chi connectivity index (χ2n) is 2.86. The van der Waals surface area contributed by atoms with Gasteiger partial charge in [-0.2, -0.15) is 0 Å². The molecule has 0 heterocycles. The van der Waals surface area contributed by atoms with Gasteiger partial charge in [0.25, 0.3) is 0 Å². The zero-order valence-corrected chi connectivity index (χ0v) is 9.03. The van der Waals surface area contributed by atoms with Crippen LogP contribution in [0, 0.1) is 5.82 Å². The molecule has 1 aromatic carbocycles. The van der Waals surface area contributed by atoms with Crippen LogP contribution in [0.1, 0.15) is 11.7 Å². The van der Waals surface area contributed by atoms with Gasteiger partial charge in [0, 0.05) is 17.1 Å². The highest BCUT2D eigenvalue weighted by atomic mass is 35.5. The maximum absolute atomic E-state index is 13.0. The predicted molar refractivity (Wildman–Crippen MR) is 55.3 cm³/mol. The fourth-order valence-electron chi connectivity index (χ4n) is 1.10. The topological polar surface area (TPSA) is 32.3 Å². The monoisotopic (exact) mass is 237 g/mol. The van der Waals surface area contributed by atoms with E-state index in [-0.39, 0.29) is 10.0 Å². The largest absolute Gasteiger partial charge is 0.387 e. The lowest BCUT2D eigenvalue weighted by atomic mass is 10.1. The molecular weight excluding hydrogens is 228 g/mol. The number of hydrogen-bond acceptors (Lipinski definition) is 2. The molecular formula is C9H10Cl2FNO. The van der Waals surface area contributed by atoms with E-state index in [1.54, 1.807) is 7.05 Å². The van der Waals surface area contributed by atoms with Gasteiger partial charge in [-0.1, -0.05) is 23.2 Å². The Morgan fingerprint density at radius 3 is 2.64 bits per heavy atom. The van der Waals surface area contributed by atoms with Gasteiger partial charge in [-0.25, -0.2) is 4.39 Å². The highest BCUT2D eigenvalue weighted by Gasteiger charge is 2.13. The molecule has 0 spiro atoms. The zero-order chi connectivity index (χ0) is 10.7. The van der Waals surface area contributed by atoms with Gasteiger partial charge in [0.05, 0.1) is 11.1 Å². The van der Waals surface area contributed by atoms with Crippen LogP contribution < -0.4 is 5.32 Å². The lowest BCUT2D eigenvalue weighted by Crippen LogP contribution is -2.17. The van der Waals surface area contributed by atoms with E-state index in [0.29, 0.717) is 12.1 Å². The first kappa shape index (κ1) is 11.7. The molecule has 0 bridgehead atoms. The first-order valence-electron chi connectivity index (χ1n) is 4.03. The summed E-state index contributed by atoms with van der Waals surface area (Å²) in [7, 11) is 1.68. The van der Waals surface area contributed by atoms with E-state index in [2.05, 4.69) is 5.32 Å². The summed E-state index contributed by atoms with van der Waals surface area (Å²) in [5, 5.41) is 12.5. The Balaban J connectivity index is 3.02. The second kappa shape index (κ2) is 4.94. The zero-order valence-electron chi connectivity index (χ0n) is 7.52. The number of benzene rings is 1. The molecule has 2 N–H and O–H groups in total. The van der Waals surface area contributed by atoms with Crippen molar-refractivity contribution in [1.29, 1.82) is 0 Å². The quantitative estimate of drug-likeness (QED) is 0.792. The number of hydrogen-bond donors (Lipinski definition) is 2. The van der Waals surface area contributed by atoms with Crippen LogP contribution in [-0.2, 0) is 0 Å². The van der Waals surface area contributed by atoms with Crippen molar-refractivity contribution in [3.63, 3.8) is 0 Å². The van der Waals surface area contributed by atoms with Crippen molar-refractivity contribution in [2.75, 3.05) is 13.6 Å². The molecule has 14 heavy (non-hydrogen) atoms. The van der Waals surface area contributed by atoms with Crippen LogP contribution in [0.25, 0.3) is 0 Å². The van der Waals surface area contributed by atoms with Crippen LogP contribution in [0.15, 0.2) is 12.1 Å². The lowest BCUT2D eigenvalue weighted by Gasteiger charge is -2.12. The molecule has 1 unspecified atom stereocenters. The van der Waals surface area contributed by atoms with Gasteiger partial charge in [-0.15, -0.1) is 0 Å². The van der Waals surface area contributed by atoms with Gasteiger partial charge in [0.2, 0.25) is 0 Å². The predicted octanol–water partition coefficient (Wildman–Crippen LogP) is 2.39. The van der Waals surface area contributed by atoms with Crippen LogP contribution in [0.2, 0.25) is 10.0 Å². The SMILES string of the molecule is CNCC(O)c1cc(F)c(Cl)cc1Cl. The molecule has 1 atom stereocenters. The molecule has 0 fully saturated rings. The average Bonchev–Trinajstić information content (AvgIpc) is 2.11. The van der Waals surface area contributed by atoms with E-state index in [1.807, 2.05) is 0 Å². The van der Waals surface area contributed by atoms with Gasteiger partial charge in [0.15, 0.2) is 0 Å². The fraction of sp³-hybridized carbons (Fsp3) is 0.333. The van der Waals surface area contributed by atoms with Crippen LogP contribution >= 0.6 is 23.2 Å². The summed E-state index contributed by atoms with van der Waals surface area (Å²) in [5.74, 6) is -0.582. The first-order chi connectivity index (χ1) is 6.56. The summed E-state index contributed by atoms with van der Waals surface area (Å²) in [6.45, 7) is 0.306. The number of likely N-dealkylation sites (N-methyl/N-ethyl adjacent to an activating group) is 1. The molecule has 78 valence electrons. The third-order valence-corrected chi connectivity index (χ3v) is 2.41. The molecule has 2 nitrogen and oxygen atoms in total. The molecule has 0 aliphatic carbocycles. The van der Waals surface area contributed by atoms with Crippen molar-refractivity contribution in [2.45, 2.75) is 6.10 Å². The number of nitrogens with one attached hydrogen (secondary N) is 1. The van der Waals surface area contributed by atoms with E-state index < -0.39 is 11.9 Å². The maximum Gasteiger partial charge on any atom is 0.142 e. The minimum Gasteiger partial charge on any atom is -0.387 e. The van der Waals surface area contributed by atoms with E-state index in [9.17, 15) is 9.50 Å². The summed E-state index contributed by atoms with van der Waals surface area (Å²) in [6.07, 6.45) is -0.834. The third-order valence-electron chi connectivity index (χ3n) is 1.80. The summed E-state index contributed by atoms with van der Waals surface area (Å²) >= 11 is 11.3. The lowest BCUT2D eigenvalue weighted by molar-refractivity contribution is 0.177. The molecule has 0 aliphatic heterocycles. The molecule has 1 rings (SSSR count). The Labute approximate surface area is 91.6 Å². The molecule has 0 aromatic heterocycles.